The molecule has 3 unspecified atom stereocenters. The smallest absolute Gasteiger partial charge is 0.159 e. The number of allylic oxidation sites excluding steroid dienone is 1. The monoisotopic (exact) mass is 278 g/mol. The Kier molecular flexibility index (Phi) is 3.56. The van der Waals surface area contributed by atoms with Gasteiger partial charge in [0.2, 0.25) is 0 Å². The fourth-order valence-electron chi connectivity index (χ4n) is 3.12. The van der Waals surface area contributed by atoms with Crippen molar-refractivity contribution in [2.45, 2.75) is 38.7 Å². The number of hydrogen-bond donors (Lipinski definition) is 2. The summed E-state index contributed by atoms with van der Waals surface area (Å²) >= 11 is 0. The quantitative estimate of drug-likeness (QED) is 0.884. The van der Waals surface area contributed by atoms with Crippen LogP contribution in [0.15, 0.2) is 34.1 Å². The second-order valence-corrected chi connectivity index (χ2v) is 5.53. The highest BCUT2D eigenvalue weighted by Crippen LogP contribution is 2.46. The molecule has 0 saturated carbocycles. The van der Waals surface area contributed by atoms with Gasteiger partial charge in [0.05, 0.1) is 23.7 Å². The first-order valence-corrected chi connectivity index (χ1v) is 6.45. The average Bonchev–Trinajstić information content (AvgIpc) is 2.77. The molecule has 1 heterocycles. The van der Waals surface area contributed by atoms with E-state index in [2.05, 4.69) is 0 Å². The van der Waals surface area contributed by atoms with Gasteiger partial charge in [0.25, 0.3) is 0 Å². The Hall–Kier alpha value is -1.88. The molecule has 0 fully saturated rings. The van der Waals surface area contributed by atoms with E-state index in [1.807, 2.05) is 0 Å². The van der Waals surface area contributed by atoms with Crippen molar-refractivity contribution in [3.63, 3.8) is 0 Å². The Morgan fingerprint density at radius 3 is 2.50 bits per heavy atom. The van der Waals surface area contributed by atoms with Crippen molar-refractivity contribution in [2.75, 3.05) is 0 Å². The van der Waals surface area contributed by atoms with Gasteiger partial charge < -0.3 is 14.6 Å². The van der Waals surface area contributed by atoms with Gasteiger partial charge >= 0.3 is 0 Å². The molecular formula is C15H18O5. The number of furan rings is 1. The highest BCUT2D eigenvalue weighted by Gasteiger charge is 2.50. The van der Waals surface area contributed by atoms with Crippen LogP contribution in [0.3, 0.4) is 0 Å². The molecule has 0 saturated heterocycles. The predicted octanol–water partition coefficient (Wildman–Crippen LogP) is 2.12. The molecule has 0 amide bonds. The molecule has 1 aromatic rings. The van der Waals surface area contributed by atoms with Gasteiger partial charge in [-0.25, -0.2) is 0 Å². The highest BCUT2D eigenvalue weighted by atomic mass is 16.3. The topological polar surface area (TPSA) is 87.7 Å². The zero-order chi connectivity index (χ0) is 15.1. The van der Waals surface area contributed by atoms with Crippen LogP contribution in [0, 0.1) is 5.92 Å². The minimum Gasteiger partial charge on any atom is -0.512 e. The molecule has 1 aliphatic carbocycles. The van der Waals surface area contributed by atoms with E-state index in [0.717, 1.165) is 0 Å². The third-order valence-electron chi connectivity index (χ3n) is 3.82. The third kappa shape index (κ3) is 2.29. The molecule has 3 atom stereocenters. The molecule has 0 bridgehead atoms. The van der Waals surface area contributed by atoms with Crippen LogP contribution in [0.4, 0.5) is 0 Å². The number of ketones is 2. The number of carbonyl (C=O) groups is 2. The summed E-state index contributed by atoms with van der Waals surface area (Å²) in [6, 6.07) is 3.28. The van der Waals surface area contributed by atoms with E-state index in [9.17, 15) is 19.8 Å². The fraction of sp³-hybridized carbons (Fsp3) is 0.467. The Labute approximate surface area is 116 Å². The maximum absolute atomic E-state index is 12.0. The zero-order valence-electron chi connectivity index (χ0n) is 11.7. The maximum Gasteiger partial charge on any atom is 0.159 e. The first-order chi connectivity index (χ1) is 9.25. The lowest BCUT2D eigenvalue weighted by atomic mass is 9.66. The van der Waals surface area contributed by atoms with Gasteiger partial charge in [0.1, 0.15) is 17.3 Å². The summed E-state index contributed by atoms with van der Waals surface area (Å²) in [7, 11) is 0. The molecule has 1 aromatic heterocycles. The van der Waals surface area contributed by atoms with Gasteiger partial charge in [-0.05, 0) is 32.9 Å². The molecule has 0 spiro atoms. The largest absolute Gasteiger partial charge is 0.512 e. The lowest BCUT2D eigenvalue weighted by Crippen LogP contribution is -2.47. The fourth-order valence-corrected chi connectivity index (χ4v) is 3.12. The van der Waals surface area contributed by atoms with Crippen LogP contribution < -0.4 is 0 Å². The third-order valence-corrected chi connectivity index (χ3v) is 3.82. The highest BCUT2D eigenvalue weighted by molar-refractivity contribution is 5.97. The Morgan fingerprint density at radius 1 is 1.40 bits per heavy atom. The number of aliphatic hydroxyl groups excluding tert-OH is 1. The molecule has 5 heteroatoms. The summed E-state index contributed by atoms with van der Waals surface area (Å²) in [6.07, 6.45) is 1.31. The normalized spacial score (nSPS) is 30.4. The maximum atomic E-state index is 12.0. The standard InChI is InChI=1S/C15H18O5/c1-8(16)12-10(18)7-15(3,19)14(9(2)17)13(12)11-5-4-6-20-11/h4-6,13-14,18-19H,7H2,1-3H3. The molecule has 0 aliphatic heterocycles. The van der Waals surface area contributed by atoms with Gasteiger partial charge in [-0.3, -0.25) is 9.59 Å². The van der Waals surface area contributed by atoms with E-state index in [4.69, 9.17) is 4.42 Å². The molecule has 5 nitrogen and oxygen atoms in total. The number of aliphatic hydroxyl groups is 2. The Morgan fingerprint density at radius 2 is 2.05 bits per heavy atom. The van der Waals surface area contributed by atoms with Crippen LogP contribution in [0.1, 0.15) is 38.9 Å². The number of carbonyl (C=O) groups excluding carboxylic acids is 2. The first-order valence-electron chi connectivity index (χ1n) is 6.45. The summed E-state index contributed by atoms with van der Waals surface area (Å²) in [4.78, 5) is 23.8. The number of rotatable bonds is 3. The molecule has 2 rings (SSSR count). The van der Waals surface area contributed by atoms with Crippen LogP contribution in [0.25, 0.3) is 0 Å². The van der Waals surface area contributed by atoms with E-state index in [1.165, 1.54) is 27.0 Å². The summed E-state index contributed by atoms with van der Waals surface area (Å²) in [5.74, 6) is -1.95. The van der Waals surface area contributed by atoms with Crippen LogP contribution in [0.2, 0.25) is 0 Å². The predicted molar refractivity (Wildman–Crippen MR) is 71.2 cm³/mol. The van der Waals surface area contributed by atoms with Crippen LogP contribution in [-0.4, -0.2) is 27.4 Å². The second-order valence-electron chi connectivity index (χ2n) is 5.53. The Balaban J connectivity index is 2.66. The van der Waals surface area contributed by atoms with E-state index in [-0.39, 0.29) is 29.3 Å². The summed E-state index contributed by atoms with van der Waals surface area (Å²) in [5.41, 5.74) is -1.28. The molecule has 0 aromatic carbocycles. The molecular weight excluding hydrogens is 260 g/mol. The van der Waals surface area contributed by atoms with Gasteiger partial charge in [-0.1, -0.05) is 0 Å². The molecule has 1 aliphatic rings. The van der Waals surface area contributed by atoms with Gasteiger partial charge in [0, 0.05) is 12.0 Å². The van der Waals surface area contributed by atoms with E-state index < -0.39 is 17.4 Å². The van der Waals surface area contributed by atoms with E-state index in [0.29, 0.717) is 5.76 Å². The van der Waals surface area contributed by atoms with Crippen LogP contribution >= 0.6 is 0 Å². The van der Waals surface area contributed by atoms with Gasteiger partial charge in [0.15, 0.2) is 5.78 Å². The van der Waals surface area contributed by atoms with Crippen molar-refractivity contribution in [1.29, 1.82) is 0 Å². The van der Waals surface area contributed by atoms with E-state index in [1.54, 1.807) is 12.1 Å². The molecule has 0 radical (unpaired) electrons. The number of hydrogen-bond acceptors (Lipinski definition) is 5. The van der Waals surface area contributed by atoms with Crippen molar-refractivity contribution < 1.29 is 24.2 Å². The van der Waals surface area contributed by atoms with Crippen molar-refractivity contribution in [2.24, 2.45) is 5.92 Å². The van der Waals surface area contributed by atoms with Gasteiger partial charge in [-0.2, -0.15) is 0 Å². The average molecular weight is 278 g/mol. The minimum atomic E-state index is -1.42. The van der Waals surface area contributed by atoms with Crippen molar-refractivity contribution in [1.82, 2.24) is 0 Å². The second kappa shape index (κ2) is 4.90. The van der Waals surface area contributed by atoms with Crippen molar-refractivity contribution in [3.05, 3.63) is 35.5 Å². The van der Waals surface area contributed by atoms with Crippen molar-refractivity contribution in [3.8, 4) is 0 Å². The van der Waals surface area contributed by atoms with Crippen molar-refractivity contribution >= 4 is 11.6 Å². The molecule has 108 valence electrons. The van der Waals surface area contributed by atoms with Crippen LogP contribution in [-0.2, 0) is 9.59 Å². The lowest BCUT2D eigenvalue weighted by molar-refractivity contribution is -0.132. The summed E-state index contributed by atoms with van der Waals surface area (Å²) in [6.45, 7) is 4.19. The summed E-state index contributed by atoms with van der Waals surface area (Å²) < 4.78 is 5.31. The molecule has 2 N–H and O–H groups in total. The Bertz CT molecular complexity index is 565. The molecule has 20 heavy (non-hydrogen) atoms. The zero-order valence-corrected chi connectivity index (χ0v) is 11.7. The van der Waals surface area contributed by atoms with Gasteiger partial charge in [-0.15, -0.1) is 0 Å². The lowest BCUT2D eigenvalue weighted by Gasteiger charge is -2.40. The minimum absolute atomic E-state index is 0.122. The number of Topliss-reactive ketones (excluding diaryl/α,β-unsaturated/α-hetero) is 2. The SMILES string of the molecule is CC(=O)C1=C(O)CC(C)(O)C(C(C)=O)C1c1ccco1. The van der Waals surface area contributed by atoms with Crippen LogP contribution in [0.5, 0.6) is 0 Å². The first kappa shape index (κ1) is 14.5. The summed E-state index contributed by atoms with van der Waals surface area (Å²) in [5, 5.41) is 20.6. The van der Waals surface area contributed by atoms with E-state index >= 15 is 0 Å².